The number of carbonyl (C=O) groups is 2. The molecule has 0 saturated carbocycles. The van der Waals surface area contributed by atoms with Crippen molar-refractivity contribution >= 4 is 17.5 Å². The quantitative estimate of drug-likeness (QED) is 0.642. The van der Waals surface area contributed by atoms with Crippen molar-refractivity contribution in [3.05, 3.63) is 88.9 Å². The fraction of sp³-hybridized carbons (Fsp3) is 0.217. The molecular weight excluding hydrogens is 366 g/mol. The molecule has 0 fully saturated rings. The lowest BCUT2D eigenvalue weighted by atomic mass is 10.1. The summed E-state index contributed by atoms with van der Waals surface area (Å²) in [7, 11) is 4.03. The van der Waals surface area contributed by atoms with E-state index in [1.807, 2.05) is 45.3 Å². The molecule has 0 bridgehead atoms. The zero-order valence-corrected chi connectivity index (χ0v) is 16.9. The Morgan fingerprint density at radius 3 is 2.41 bits per heavy atom. The maximum absolute atomic E-state index is 12.7. The Morgan fingerprint density at radius 1 is 0.966 bits per heavy atom. The van der Waals surface area contributed by atoms with Gasteiger partial charge in [0.1, 0.15) is 0 Å². The SMILES string of the molecule is Cc1ccc(C(=O)NCc2ccccc2CN(C)C)cc1NC(=O)c1ccco1. The molecule has 1 heterocycles. The predicted octanol–water partition coefficient (Wildman–Crippen LogP) is 3.83. The van der Waals surface area contributed by atoms with Gasteiger partial charge in [0.25, 0.3) is 11.8 Å². The van der Waals surface area contributed by atoms with Crippen LogP contribution in [-0.2, 0) is 13.1 Å². The molecule has 0 aliphatic carbocycles. The number of benzene rings is 2. The highest BCUT2D eigenvalue weighted by atomic mass is 16.3. The number of carbonyl (C=O) groups excluding carboxylic acids is 2. The van der Waals surface area contributed by atoms with Crippen molar-refractivity contribution in [1.29, 1.82) is 0 Å². The Bertz CT molecular complexity index is 994. The van der Waals surface area contributed by atoms with Crippen molar-refractivity contribution in [3.63, 3.8) is 0 Å². The van der Waals surface area contributed by atoms with Gasteiger partial charge >= 0.3 is 0 Å². The Hall–Kier alpha value is -3.38. The maximum atomic E-state index is 12.7. The van der Waals surface area contributed by atoms with E-state index in [0.717, 1.165) is 17.7 Å². The number of aryl methyl sites for hydroxylation is 1. The molecule has 0 radical (unpaired) electrons. The molecule has 0 aliphatic rings. The summed E-state index contributed by atoms with van der Waals surface area (Å²) in [4.78, 5) is 27.0. The van der Waals surface area contributed by atoms with Crippen LogP contribution >= 0.6 is 0 Å². The van der Waals surface area contributed by atoms with Gasteiger partial charge in [0.2, 0.25) is 0 Å². The number of anilines is 1. The van der Waals surface area contributed by atoms with Crippen LogP contribution in [0.2, 0.25) is 0 Å². The number of rotatable bonds is 7. The van der Waals surface area contributed by atoms with E-state index in [-0.39, 0.29) is 17.6 Å². The summed E-state index contributed by atoms with van der Waals surface area (Å²) in [6, 6.07) is 16.5. The normalized spacial score (nSPS) is 10.8. The third-order valence-corrected chi connectivity index (χ3v) is 4.54. The number of nitrogens with one attached hydrogen (secondary N) is 2. The second-order valence-electron chi connectivity index (χ2n) is 7.15. The van der Waals surface area contributed by atoms with Gasteiger partial charge in [0, 0.05) is 24.3 Å². The highest BCUT2D eigenvalue weighted by Gasteiger charge is 2.13. The summed E-state index contributed by atoms with van der Waals surface area (Å²) in [6.07, 6.45) is 1.44. The van der Waals surface area contributed by atoms with E-state index in [2.05, 4.69) is 21.6 Å². The Morgan fingerprint density at radius 2 is 1.72 bits per heavy atom. The van der Waals surface area contributed by atoms with E-state index in [9.17, 15) is 9.59 Å². The first kappa shape index (κ1) is 20.4. The van der Waals surface area contributed by atoms with E-state index in [0.29, 0.717) is 17.8 Å². The van der Waals surface area contributed by atoms with Crippen LogP contribution < -0.4 is 10.6 Å². The summed E-state index contributed by atoms with van der Waals surface area (Å²) in [5, 5.41) is 5.76. The van der Waals surface area contributed by atoms with E-state index in [1.54, 1.807) is 24.3 Å². The third kappa shape index (κ3) is 5.33. The zero-order valence-electron chi connectivity index (χ0n) is 16.9. The van der Waals surface area contributed by atoms with Crippen molar-refractivity contribution in [1.82, 2.24) is 10.2 Å². The van der Waals surface area contributed by atoms with Crippen molar-refractivity contribution in [2.24, 2.45) is 0 Å². The lowest BCUT2D eigenvalue weighted by Crippen LogP contribution is -2.24. The highest BCUT2D eigenvalue weighted by molar-refractivity contribution is 6.03. The van der Waals surface area contributed by atoms with Crippen LogP contribution in [0.5, 0.6) is 0 Å². The van der Waals surface area contributed by atoms with Crippen LogP contribution in [0.25, 0.3) is 0 Å². The molecule has 0 unspecified atom stereocenters. The monoisotopic (exact) mass is 391 g/mol. The Labute approximate surface area is 170 Å². The van der Waals surface area contributed by atoms with Gasteiger partial charge in [-0.15, -0.1) is 0 Å². The largest absolute Gasteiger partial charge is 0.459 e. The summed E-state index contributed by atoms with van der Waals surface area (Å²) in [5.74, 6) is -0.330. The van der Waals surface area contributed by atoms with Gasteiger partial charge in [0.05, 0.1) is 6.26 Å². The van der Waals surface area contributed by atoms with E-state index < -0.39 is 0 Å². The molecule has 6 heteroatoms. The molecule has 2 amide bonds. The van der Waals surface area contributed by atoms with Crippen LogP contribution in [0.1, 0.15) is 37.6 Å². The smallest absolute Gasteiger partial charge is 0.291 e. The number of nitrogens with zero attached hydrogens (tertiary/aromatic N) is 1. The lowest BCUT2D eigenvalue weighted by Gasteiger charge is -2.15. The minimum Gasteiger partial charge on any atom is -0.459 e. The molecule has 0 aliphatic heterocycles. The van der Waals surface area contributed by atoms with Crippen LogP contribution in [0, 0.1) is 6.92 Å². The zero-order chi connectivity index (χ0) is 20.8. The van der Waals surface area contributed by atoms with Gasteiger partial charge < -0.3 is 20.0 Å². The van der Waals surface area contributed by atoms with Crippen molar-refractivity contribution in [2.75, 3.05) is 19.4 Å². The molecule has 3 aromatic rings. The van der Waals surface area contributed by atoms with Crippen molar-refractivity contribution in [2.45, 2.75) is 20.0 Å². The predicted molar refractivity (Wildman–Crippen MR) is 113 cm³/mol. The molecule has 0 atom stereocenters. The van der Waals surface area contributed by atoms with Crippen molar-refractivity contribution in [3.8, 4) is 0 Å². The maximum Gasteiger partial charge on any atom is 0.291 e. The average molecular weight is 391 g/mol. The van der Waals surface area contributed by atoms with Crippen LogP contribution in [0.3, 0.4) is 0 Å². The van der Waals surface area contributed by atoms with Crippen LogP contribution in [-0.4, -0.2) is 30.8 Å². The second-order valence-corrected chi connectivity index (χ2v) is 7.15. The van der Waals surface area contributed by atoms with Gasteiger partial charge in [-0.25, -0.2) is 0 Å². The van der Waals surface area contributed by atoms with Crippen molar-refractivity contribution < 1.29 is 14.0 Å². The van der Waals surface area contributed by atoms with Gasteiger partial charge in [-0.2, -0.15) is 0 Å². The second kappa shape index (κ2) is 9.21. The molecule has 2 N–H and O–H groups in total. The van der Waals surface area contributed by atoms with Crippen LogP contribution in [0.15, 0.2) is 65.3 Å². The molecule has 2 aromatic carbocycles. The van der Waals surface area contributed by atoms with E-state index >= 15 is 0 Å². The fourth-order valence-electron chi connectivity index (χ4n) is 2.99. The molecule has 0 spiro atoms. The Kier molecular flexibility index (Phi) is 6.46. The van der Waals surface area contributed by atoms with E-state index in [4.69, 9.17) is 4.42 Å². The molecule has 0 saturated heterocycles. The first-order chi connectivity index (χ1) is 13.9. The minimum atomic E-state index is -0.353. The molecular formula is C23H25N3O3. The number of hydrogen-bond acceptors (Lipinski definition) is 4. The molecule has 29 heavy (non-hydrogen) atoms. The summed E-state index contributed by atoms with van der Waals surface area (Å²) in [5.41, 5.74) is 4.17. The minimum absolute atomic E-state index is 0.196. The van der Waals surface area contributed by atoms with E-state index in [1.165, 1.54) is 11.8 Å². The van der Waals surface area contributed by atoms with Gasteiger partial charge in [-0.1, -0.05) is 30.3 Å². The standard InChI is InChI=1S/C23H25N3O3/c1-16-10-11-17(13-20(16)25-23(28)21-9-6-12-29-21)22(27)24-14-18-7-4-5-8-19(18)15-26(2)3/h4-13H,14-15H2,1-3H3,(H,24,27)(H,25,28). The summed E-state index contributed by atoms with van der Waals surface area (Å²) >= 11 is 0. The van der Waals surface area contributed by atoms with Gasteiger partial charge in [-0.05, 0) is 62.0 Å². The average Bonchev–Trinajstić information content (AvgIpc) is 3.23. The highest BCUT2D eigenvalue weighted by Crippen LogP contribution is 2.19. The topological polar surface area (TPSA) is 74.6 Å². The van der Waals surface area contributed by atoms with Crippen LogP contribution in [0.4, 0.5) is 5.69 Å². The van der Waals surface area contributed by atoms with Gasteiger partial charge in [-0.3, -0.25) is 9.59 Å². The third-order valence-electron chi connectivity index (χ3n) is 4.54. The summed E-state index contributed by atoms with van der Waals surface area (Å²) < 4.78 is 5.12. The van der Waals surface area contributed by atoms with Gasteiger partial charge in [0.15, 0.2) is 5.76 Å². The lowest BCUT2D eigenvalue weighted by molar-refractivity contribution is 0.0948. The number of hydrogen-bond donors (Lipinski definition) is 2. The fourth-order valence-corrected chi connectivity index (χ4v) is 2.99. The Balaban J connectivity index is 1.69. The first-order valence-electron chi connectivity index (χ1n) is 9.39. The first-order valence-corrected chi connectivity index (χ1v) is 9.39. The molecule has 6 nitrogen and oxygen atoms in total. The molecule has 150 valence electrons. The number of furan rings is 1. The molecule has 1 aromatic heterocycles. The summed E-state index contributed by atoms with van der Waals surface area (Å²) in [6.45, 7) is 3.11. The molecule has 3 rings (SSSR count). The number of amides is 2.